The van der Waals surface area contributed by atoms with Crippen LogP contribution < -0.4 is 5.32 Å². The second-order valence-corrected chi connectivity index (χ2v) is 9.86. The van der Waals surface area contributed by atoms with Gasteiger partial charge in [-0.2, -0.15) is 0 Å². The number of amides is 1. The van der Waals surface area contributed by atoms with E-state index in [9.17, 15) is 23.3 Å². The van der Waals surface area contributed by atoms with Crippen molar-refractivity contribution < 1.29 is 22.6 Å². The largest absolute Gasteiger partial charge is 0.411 e. The van der Waals surface area contributed by atoms with E-state index in [4.69, 9.17) is 4.42 Å². The summed E-state index contributed by atoms with van der Waals surface area (Å²) in [4.78, 5) is 22.8. The number of benzene rings is 2. The molecule has 0 atom stereocenters. The van der Waals surface area contributed by atoms with Crippen molar-refractivity contribution in [3.63, 3.8) is 0 Å². The first-order valence-electron chi connectivity index (χ1n) is 9.12. The number of nitrogens with zero attached hydrogens (tertiary/aromatic N) is 4. The van der Waals surface area contributed by atoms with Crippen molar-refractivity contribution in [2.45, 2.75) is 17.0 Å². The summed E-state index contributed by atoms with van der Waals surface area (Å²) in [6.07, 6.45) is 0. The molecule has 1 amide bonds. The highest BCUT2D eigenvalue weighted by molar-refractivity contribution is 7.99. The molecule has 1 aromatic heterocycles. The van der Waals surface area contributed by atoms with Gasteiger partial charge in [0, 0.05) is 37.5 Å². The minimum atomic E-state index is -3.64. The molecule has 0 aliphatic heterocycles. The average Bonchev–Trinajstić information content (AvgIpc) is 3.23. The lowest BCUT2D eigenvalue weighted by molar-refractivity contribution is -0.384. The van der Waals surface area contributed by atoms with Crippen LogP contribution in [0.5, 0.6) is 0 Å². The topological polar surface area (TPSA) is 149 Å². The number of aromatic nitrogens is 2. The lowest BCUT2D eigenvalue weighted by Crippen LogP contribution is -2.22. The third kappa shape index (κ3) is 5.30. The third-order valence-electron chi connectivity index (χ3n) is 4.30. The van der Waals surface area contributed by atoms with Crippen molar-refractivity contribution >= 4 is 39.1 Å². The standard InChI is InChI=1S/C19H19N5O6S2/c1-12-7-8-15(32(28,29)23(2)3)10-16(12)20-17(25)11-31-19-22-21-18(30-19)13-5-4-6-14(9-13)24(26)27/h4-10H,11H2,1-3H3,(H,20,25). The van der Waals surface area contributed by atoms with Crippen LogP contribution >= 0.6 is 11.8 Å². The predicted octanol–water partition coefficient (Wildman–Crippen LogP) is 2.93. The molecule has 0 radical (unpaired) electrons. The molecule has 2 aromatic carbocycles. The minimum Gasteiger partial charge on any atom is -0.411 e. The van der Waals surface area contributed by atoms with E-state index >= 15 is 0 Å². The monoisotopic (exact) mass is 477 g/mol. The van der Waals surface area contributed by atoms with E-state index in [1.165, 1.54) is 44.4 Å². The van der Waals surface area contributed by atoms with Gasteiger partial charge < -0.3 is 9.73 Å². The van der Waals surface area contributed by atoms with Gasteiger partial charge in [-0.3, -0.25) is 14.9 Å². The number of carbonyl (C=O) groups is 1. The van der Waals surface area contributed by atoms with E-state index in [1.54, 1.807) is 19.1 Å². The van der Waals surface area contributed by atoms with Crippen molar-refractivity contribution in [3.8, 4) is 11.5 Å². The molecule has 3 rings (SSSR count). The van der Waals surface area contributed by atoms with Gasteiger partial charge >= 0.3 is 0 Å². The minimum absolute atomic E-state index is 0.0644. The summed E-state index contributed by atoms with van der Waals surface area (Å²) in [7, 11) is -0.784. The number of hydrogen-bond acceptors (Lipinski definition) is 9. The van der Waals surface area contributed by atoms with Crippen molar-refractivity contribution in [3.05, 3.63) is 58.1 Å². The van der Waals surface area contributed by atoms with Crippen LogP contribution in [0.1, 0.15) is 5.56 Å². The normalized spacial score (nSPS) is 11.5. The van der Waals surface area contributed by atoms with Gasteiger partial charge in [0.05, 0.1) is 15.6 Å². The first kappa shape index (κ1) is 23.4. The number of rotatable bonds is 8. The Morgan fingerprint density at radius 2 is 1.97 bits per heavy atom. The summed E-state index contributed by atoms with van der Waals surface area (Å²) in [6, 6.07) is 10.3. The van der Waals surface area contributed by atoms with Crippen molar-refractivity contribution in [1.82, 2.24) is 14.5 Å². The van der Waals surface area contributed by atoms with Crippen LogP contribution in [-0.2, 0) is 14.8 Å². The van der Waals surface area contributed by atoms with Crippen molar-refractivity contribution in [1.29, 1.82) is 0 Å². The van der Waals surface area contributed by atoms with Crippen LogP contribution in [0.3, 0.4) is 0 Å². The lowest BCUT2D eigenvalue weighted by Gasteiger charge is -2.14. The Bertz CT molecular complexity index is 1270. The Morgan fingerprint density at radius 1 is 1.22 bits per heavy atom. The van der Waals surface area contributed by atoms with Gasteiger partial charge in [-0.15, -0.1) is 10.2 Å². The number of hydrogen-bond donors (Lipinski definition) is 1. The molecule has 168 valence electrons. The van der Waals surface area contributed by atoms with Crippen LogP contribution in [-0.4, -0.2) is 53.6 Å². The maximum Gasteiger partial charge on any atom is 0.277 e. The molecule has 0 saturated carbocycles. The molecule has 13 heteroatoms. The number of carbonyl (C=O) groups excluding carboxylic acids is 1. The van der Waals surface area contributed by atoms with Crippen LogP contribution in [0.15, 0.2) is 57.0 Å². The van der Waals surface area contributed by atoms with Gasteiger partial charge in [0.15, 0.2) is 0 Å². The van der Waals surface area contributed by atoms with Crippen LogP contribution in [0.4, 0.5) is 11.4 Å². The summed E-state index contributed by atoms with van der Waals surface area (Å²) in [5.41, 5.74) is 1.36. The lowest BCUT2D eigenvalue weighted by atomic mass is 10.2. The Balaban J connectivity index is 1.66. The van der Waals surface area contributed by atoms with E-state index in [-0.39, 0.29) is 27.4 Å². The molecular weight excluding hydrogens is 458 g/mol. The highest BCUT2D eigenvalue weighted by Crippen LogP contribution is 2.26. The molecule has 3 aromatic rings. The fourth-order valence-electron chi connectivity index (χ4n) is 2.56. The molecule has 0 aliphatic carbocycles. The summed E-state index contributed by atoms with van der Waals surface area (Å²) in [6.45, 7) is 1.75. The smallest absolute Gasteiger partial charge is 0.277 e. The third-order valence-corrected chi connectivity index (χ3v) is 6.93. The number of anilines is 1. The van der Waals surface area contributed by atoms with Gasteiger partial charge in [-0.1, -0.05) is 23.9 Å². The Hall–Kier alpha value is -3.29. The predicted molar refractivity (Wildman–Crippen MR) is 118 cm³/mol. The molecule has 1 N–H and O–H groups in total. The highest BCUT2D eigenvalue weighted by Gasteiger charge is 2.19. The summed E-state index contributed by atoms with van der Waals surface area (Å²) >= 11 is 0.982. The van der Waals surface area contributed by atoms with Gasteiger partial charge in [0.25, 0.3) is 10.9 Å². The SMILES string of the molecule is Cc1ccc(S(=O)(=O)N(C)C)cc1NC(=O)CSc1nnc(-c2cccc([N+](=O)[O-])c2)o1. The van der Waals surface area contributed by atoms with Gasteiger partial charge in [-0.05, 0) is 30.7 Å². The number of nitrogens with one attached hydrogen (secondary N) is 1. The zero-order valence-electron chi connectivity index (χ0n) is 17.3. The molecule has 0 spiro atoms. The first-order valence-corrected chi connectivity index (χ1v) is 11.5. The van der Waals surface area contributed by atoms with Gasteiger partial charge in [0.2, 0.25) is 21.8 Å². The Kier molecular flexibility index (Phi) is 6.91. The van der Waals surface area contributed by atoms with Crippen molar-refractivity contribution in [2.75, 3.05) is 25.2 Å². The Labute approximate surface area is 188 Å². The van der Waals surface area contributed by atoms with Gasteiger partial charge in [0.1, 0.15) is 0 Å². The second-order valence-electron chi connectivity index (χ2n) is 6.78. The zero-order valence-corrected chi connectivity index (χ0v) is 18.9. The summed E-state index contributed by atoms with van der Waals surface area (Å²) in [5, 5.41) is 21.4. The van der Waals surface area contributed by atoms with Crippen LogP contribution in [0.2, 0.25) is 0 Å². The Morgan fingerprint density at radius 3 is 2.66 bits per heavy atom. The molecule has 0 saturated heterocycles. The van der Waals surface area contributed by atoms with Crippen LogP contribution in [0.25, 0.3) is 11.5 Å². The number of thioether (sulfide) groups is 1. The molecule has 0 aliphatic rings. The number of sulfonamides is 1. The van der Waals surface area contributed by atoms with E-state index in [0.717, 1.165) is 16.1 Å². The maximum absolute atomic E-state index is 12.4. The van der Waals surface area contributed by atoms with E-state index in [2.05, 4.69) is 15.5 Å². The quantitative estimate of drug-likeness (QED) is 0.293. The van der Waals surface area contributed by atoms with E-state index < -0.39 is 20.9 Å². The fourth-order valence-corrected chi connectivity index (χ4v) is 4.05. The van der Waals surface area contributed by atoms with E-state index in [0.29, 0.717) is 16.8 Å². The van der Waals surface area contributed by atoms with Crippen molar-refractivity contribution in [2.24, 2.45) is 0 Å². The average molecular weight is 478 g/mol. The first-order chi connectivity index (χ1) is 15.1. The summed E-state index contributed by atoms with van der Waals surface area (Å²) in [5.74, 6) is -0.373. The molecule has 32 heavy (non-hydrogen) atoms. The molecule has 1 heterocycles. The fraction of sp³-hybridized carbons (Fsp3) is 0.211. The molecule has 0 bridgehead atoms. The number of non-ortho nitro benzene ring substituents is 1. The molecular formula is C19H19N5O6S2. The van der Waals surface area contributed by atoms with Gasteiger partial charge in [-0.25, -0.2) is 12.7 Å². The maximum atomic E-state index is 12.4. The number of nitro benzene ring substituents is 1. The molecule has 11 nitrogen and oxygen atoms in total. The summed E-state index contributed by atoms with van der Waals surface area (Å²) < 4.78 is 31.2. The van der Waals surface area contributed by atoms with Crippen LogP contribution in [0, 0.1) is 17.0 Å². The second kappa shape index (κ2) is 9.46. The number of aryl methyl sites for hydroxylation is 1. The molecule has 0 unspecified atom stereocenters. The highest BCUT2D eigenvalue weighted by atomic mass is 32.2. The van der Waals surface area contributed by atoms with E-state index in [1.807, 2.05) is 0 Å². The zero-order chi connectivity index (χ0) is 23.5. The molecule has 0 fully saturated rings. The number of nitro groups is 1.